The van der Waals surface area contributed by atoms with Crippen LogP contribution in [0.15, 0.2) is 60.7 Å². The first-order chi connectivity index (χ1) is 15.8. The van der Waals surface area contributed by atoms with Gasteiger partial charge in [-0.1, -0.05) is 36.4 Å². The third-order valence-corrected chi connectivity index (χ3v) is 4.87. The summed E-state index contributed by atoms with van der Waals surface area (Å²) in [6.45, 7) is 1.03. The van der Waals surface area contributed by atoms with Gasteiger partial charge >= 0.3 is 17.9 Å². The minimum Gasteiger partial charge on any atom is -0.453 e. The van der Waals surface area contributed by atoms with Gasteiger partial charge in [0, 0.05) is 6.42 Å². The molecule has 0 unspecified atom stereocenters. The van der Waals surface area contributed by atoms with E-state index in [9.17, 15) is 24.3 Å². The molecule has 2 aromatic carbocycles. The van der Waals surface area contributed by atoms with E-state index in [1.165, 1.54) is 19.1 Å². The summed E-state index contributed by atoms with van der Waals surface area (Å²) in [4.78, 5) is 48.7. The van der Waals surface area contributed by atoms with Gasteiger partial charge in [-0.2, -0.15) is 0 Å². The number of aliphatic hydroxyl groups excluding tert-OH is 1. The summed E-state index contributed by atoms with van der Waals surface area (Å²) in [6.07, 6.45) is -5.91. The molecule has 0 spiro atoms. The van der Waals surface area contributed by atoms with Crippen LogP contribution in [0.1, 0.15) is 40.5 Å². The van der Waals surface area contributed by atoms with Gasteiger partial charge in [-0.15, -0.1) is 0 Å². The summed E-state index contributed by atoms with van der Waals surface area (Å²) in [5, 5.41) is 10.3. The number of ketones is 1. The van der Waals surface area contributed by atoms with Crippen LogP contribution in [0.25, 0.3) is 0 Å². The van der Waals surface area contributed by atoms with Gasteiger partial charge < -0.3 is 28.8 Å². The Labute approximate surface area is 190 Å². The van der Waals surface area contributed by atoms with Gasteiger partial charge in [-0.05, 0) is 31.2 Å². The lowest BCUT2D eigenvalue weighted by Gasteiger charge is -2.38. The number of esters is 3. The van der Waals surface area contributed by atoms with Crippen molar-refractivity contribution >= 4 is 23.7 Å². The number of carbonyl (C=O) groups excluding carboxylic acids is 4. The summed E-state index contributed by atoms with van der Waals surface area (Å²) in [7, 11) is 0. The van der Waals surface area contributed by atoms with Crippen LogP contribution < -0.4 is 0 Å². The van der Waals surface area contributed by atoms with Gasteiger partial charge in [-0.25, -0.2) is 9.59 Å². The maximum absolute atomic E-state index is 12.7. The number of rotatable bonds is 8. The molecule has 4 atom stereocenters. The summed E-state index contributed by atoms with van der Waals surface area (Å²) in [5.74, 6) is -2.48. The molecule has 1 N–H and O–H groups in total. The predicted molar refractivity (Wildman–Crippen MR) is 113 cm³/mol. The van der Waals surface area contributed by atoms with E-state index < -0.39 is 42.5 Å². The summed E-state index contributed by atoms with van der Waals surface area (Å²) in [6, 6.07) is 16.2. The average Bonchev–Trinajstić information content (AvgIpc) is 2.82. The maximum atomic E-state index is 12.7. The zero-order chi connectivity index (χ0) is 23.8. The van der Waals surface area contributed by atoms with Crippen molar-refractivity contribution in [3.63, 3.8) is 0 Å². The highest BCUT2D eigenvalue weighted by Gasteiger charge is 2.47. The first-order valence-electron chi connectivity index (χ1n) is 10.4. The van der Waals surface area contributed by atoms with Crippen LogP contribution in [0, 0.1) is 0 Å². The highest BCUT2D eigenvalue weighted by Crippen LogP contribution is 2.25. The van der Waals surface area contributed by atoms with Gasteiger partial charge in [-0.3, -0.25) is 4.79 Å². The Balaban J connectivity index is 1.81. The van der Waals surface area contributed by atoms with Crippen molar-refractivity contribution in [3.05, 3.63) is 71.8 Å². The Morgan fingerprint density at radius 1 is 0.818 bits per heavy atom. The molecule has 9 heteroatoms. The first-order valence-corrected chi connectivity index (χ1v) is 10.4. The maximum Gasteiger partial charge on any atom is 0.338 e. The highest BCUT2D eigenvalue weighted by atomic mass is 16.7. The van der Waals surface area contributed by atoms with E-state index in [0.717, 1.165) is 0 Å². The lowest BCUT2D eigenvalue weighted by Crippen LogP contribution is -2.57. The second-order valence-electron chi connectivity index (χ2n) is 7.43. The lowest BCUT2D eigenvalue weighted by molar-refractivity contribution is -0.259. The van der Waals surface area contributed by atoms with Crippen LogP contribution in [0.2, 0.25) is 0 Å². The number of hydrogen-bond acceptors (Lipinski definition) is 9. The average molecular weight is 456 g/mol. The molecule has 33 heavy (non-hydrogen) atoms. The Bertz CT molecular complexity index is 974. The molecule has 0 saturated carbocycles. The van der Waals surface area contributed by atoms with Crippen molar-refractivity contribution < 1.29 is 43.2 Å². The standard InChI is InChI=1S/C24H24O9/c1-15(25)12-13-19(26)32-21-20(33-23(28)17-10-6-3-7-11-17)18(14-30-24(21)29)31-22(27)16-8-4-2-5-9-16/h2-11,18,20-21,24,29H,12-14H2,1H3/t18-,20+,21-,24+/m1/s1. The van der Waals surface area contributed by atoms with E-state index in [0.29, 0.717) is 0 Å². The van der Waals surface area contributed by atoms with Crippen LogP contribution in [0.4, 0.5) is 0 Å². The fraction of sp³-hybridized carbons (Fsp3) is 0.333. The molecular formula is C24H24O9. The zero-order valence-corrected chi connectivity index (χ0v) is 17.9. The molecule has 0 bridgehead atoms. The molecule has 174 valence electrons. The fourth-order valence-corrected chi connectivity index (χ4v) is 3.16. The zero-order valence-electron chi connectivity index (χ0n) is 17.9. The van der Waals surface area contributed by atoms with Crippen molar-refractivity contribution in [1.29, 1.82) is 0 Å². The predicted octanol–water partition coefficient (Wildman–Crippen LogP) is 2.07. The Morgan fingerprint density at radius 3 is 1.91 bits per heavy atom. The molecule has 2 aromatic rings. The minimum absolute atomic E-state index is 0.0522. The van der Waals surface area contributed by atoms with E-state index in [4.69, 9.17) is 18.9 Å². The molecule has 0 aliphatic carbocycles. The van der Waals surface area contributed by atoms with Gasteiger partial charge in [0.2, 0.25) is 0 Å². The largest absolute Gasteiger partial charge is 0.453 e. The minimum atomic E-state index is -1.63. The molecule has 0 radical (unpaired) electrons. The van der Waals surface area contributed by atoms with Gasteiger partial charge in [0.1, 0.15) is 5.78 Å². The van der Waals surface area contributed by atoms with E-state index in [2.05, 4.69) is 0 Å². The molecular weight excluding hydrogens is 432 g/mol. The Kier molecular flexibility index (Phi) is 8.28. The number of aliphatic hydroxyl groups is 1. The van der Waals surface area contributed by atoms with E-state index >= 15 is 0 Å². The first kappa shape index (κ1) is 24.1. The smallest absolute Gasteiger partial charge is 0.338 e. The van der Waals surface area contributed by atoms with Crippen molar-refractivity contribution in [2.24, 2.45) is 0 Å². The summed E-state index contributed by atoms with van der Waals surface area (Å²) in [5.41, 5.74) is 0.472. The second kappa shape index (κ2) is 11.3. The van der Waals surface area contributed by atoms with Gasteiger partial charge in [0.05, 0.1) is 24.2 Å². The number of ether oxygens (including phenoxy) is 4. The number of carbonyl (C=O) groups is 4. The van der Waals surface area contributed by atoms with Crippen LogP contribution in [0.5, 0.6) is 0 Å². The monoisotopic (exact) mass is 456 g/mol. The quantitative estimate of drug-likeness (QED) is 0.469. The highest BCUT2D eigenvalue weighted by molar-refractivity contribution is 5.90. The third kappa shape index (κ3) is 6.71. The van der Waals surface area contributed by atoms with Crippen LogP contribution in [0.3, 0.4) is 0 Å². The molecule has 0 aromatic heterocycles. The molecule has 1 aliphatic heterocycles. The van der Waals surface area contributed by atoms with Crippen LogP contribution in [-0.2, 0) is 28.5 Å². The summed E-state index contributed by atoms with van der Waals surface area (Å²) < 4.78 is 21.5. The van der Waals surface area contributed by atoms with Crippen molar-refractivity contribution in [2.75, 3.05) is 6.61 Å². The Morgan fingerprint density at radius 2 is 1.36 bits per heavy atom. The van der Waals surface area contributed by atoms with E-state index in [1.54, 1.807) is 48.5 Å². The normalized spacial score (nSPS) is 22.1. The SMILES string of the molecule is CC(=O)CCC(=O)O[C@@H]1[C@@H](OC(=O)c2ccccc2)[C@H](OC(=O)c2ccccc2)CO[C@@H]1O. The molecule has 9 nitrogen and oxygen atoms in total. The van der Waals surface area contributed by atoms with Crippen molar-refractivity contribution in [1.82, 2.24) is 0 Å². The molecule has 1 aliphatic rings. The molecule has 1 fully saturated rings. The van der Waals surface area contributed by atoms with Gasteiger partial charge in [0.15, 0.2) is 24.6 Å². The number of hydrogen-bond donors (Lipinski definition) is 1. The molecule has 1 saturated heterocycles. The number of benzene rings is 2. The molecule has 1 heterocycles. The van der Waals surface area contributed by atoms with Crippen molar-refractivity contribution in [2.45, 2.75) is 44.4 Å². The Hall–Kier alpha value is -3.56. The number of Topliss-reactive ketones (excluding diaryl/α,β-unsaturated/α-hetero) is 1. The lowest BCUT2D eigenvalue weighted by atomic mass is 10.0. The third-order valence-electron chi connectivity index (χ3n) is 4.87. The molecule has 0 amide bonds. The van der Waals surface area contributed by atoms with Gasteiger partial charge in [0.25, 0.3) is 0 Å². The summed E-state index contributed by atoms with van der Waals surface area (Å²) >= 11 is 0. The van der Waals surface area contributed by atoms with Crippen LogP contribution >= 0.6 is 0 Å². The second-order valence-corrected chi connectivity index (χ2v) is 7.43. The van der Waals surface area contributed by atoms with Crippen LogP contribution in [-0.4, -0.2) is 60.0 Å². The van der Waals surface area contributed by atoms with Crippen molar-refractivity contribution in [3.8, 4) is 0 Å². The van der Waals surface area contributed by atoms with E-state index in [1.807, 2.05) is 0 Å². The molecule has 3 rings (SSSR count). The topological polar surface area (TPSA) is 125 Å². The fourth-order valence-electron chi connectivity index (χ4n) is 3.16. The van der Waals surface area contributed by atoms with E-state index in [-0.39, 0.29) is 36.4 Å².